The lowest BCUT2D eigenvalue weighted by molar-refractivity contribution is 0.104. The summed E-state index contributed by atoms with van der Waals surface area (Å²) < 4.78 is 1.55. The molecule has 0 spiro atoms. The van der Waals surface area contributed by atoms with Crippen LogP contribution in [0.25, 0.3) is 17.1 Å². The summed E-state index contributed by atoms with van der Waals surface area (Å²) in [5, 5.41) is 16.9. The van der Waals surface area contributed by atoms with Crippen molar-refractivity contribution >= 4 is 17.6 Å². The van der Waals surface area contributed by atoms with Crippen LogP contribution >= 0.6 is 0 Å². The van der Waals surface area contributed by atoms with E-state index in [0.717, 1.165) is 74.5 Å². The van der Waals surface area contributed by atoms with Gasteiger partial charge in [0.2, 0.25) is 11.9 Å². The number of aryl methyl sites for hydroxylation is 2. The quantitative estimate of drug-likeness (QED) is 0.401. The molecule has 38 heavy (non-hydrogen) atoms. The minimum atomic E-state index is 0.271. The van der Waals surface area contributed by atoms with Crippen LogP contribution in [0.4, 0.5) is 17.6 Å². The highest BCUT2D eigenvalue weighted by Crippen LogP contribution is 2.31. The van der Waals surface area contributed by atoms with Gasteiger partial charge in [-0.2, -0.15) is 9.67 Å². The third kappa shape index (κ3) is 5.12. The van der Waals surface area contributed by atoms with E-state index in [0.29, 0.717) is 17.8 Å². The lowest BCUT2D eigenvalue weighted by Gasteiger charge is -2.36. The normalized spacial score (nSPS) is 16.2. The van der Waals surface area contributed by atoms with Crippen LogP contribution in [0.1, 0.15) is 37.0 Å². The Balaban J connectivity index is 1.13. The Morgan fingerprint density at radius 2 is 1.68 bits per heavy atom. The van der Waals surface area contributed by atoms with Gasteiger partial charge in [0.1, 0.15) is 0 Å². The molecule has 196 valence electrons. The molecule has 3 heterocycles. The molecule has 2 aromatic heterocycles. The van der Waals surface area contributed by atoms with E-state index in [1.165, 1.54) is 11.1 Å². The molecule has 0 radical (unpaired) electrons. The van der Waals surface area contributed by atoms with Gasteiger partial charge in [0.05, 0.1) is 5.69 Å². The van der Waals surface area contributed by atoms with Crippen molar-refractivity contribution in [1.82, 2.24) is 34.8 Å². The number of rotatable bonds is 6. The summed E-state index contributed by atoms with van der Waals surface area (Å²) in [5.41, 5.74) is 13.0. The van der Waals surface area contributed by atoms with Gasteiger partial charge in [-0.05, 0) is 68.0 Å². The SMILES string of the molecule is CC(C)N1CCN(Cc2ccc(Nc3nc(N)n(-c4cc5c(nn4)-c4ccccc4CCC5)n3)cc2)CC1. The Labute approximate surface area is 223 Å². The standard InChI is InChI=1S/C29H35N9/c1-20(2)37-16-14-36(15-17-37)19-21-10-12-24(13-11-21)31-29-32-28(30)38(35-29)26-18-23-8-5-7-22-6-3-4-9-25(22)27(23)34-33-26/h3-4,6,9-13,18,20H,5,7-8,14-17,19H2,1-2H3,(H3,30,31,32,35). The Bertz CT molecular complexity index is 1400. The summed E-state index contributed by atoms with van der Waals surface area (Å²) in [4.78, 5) is 9.48. The van der Waals surface area contributed by atoms with Crippen molar-refractivity contribution < 1.29 is 0 Å². The van der Waals surface area contributed by atoms with Gasteiger partial charge in [0.15, 0.2) is 5.82 Å². The molecule has 2 aliphatic rings. The van der Waals surface area contributed by atoms with Crippen molar-refractivity contribution in [2.24, 2.45) is 0 Å². The Morgan fingerprint density at radius 1 is 0.921 bits per heavy atom. The van der Waals surface area contributed by atoms with E-state index in [9.17, 15) is 0 Å². The smallest absolute Gasteiger partial charge is 0.248 e. The summed E-state index contributed by atoms with van der Waals surface area (Å²) in [6, 6.07) is 19.5. The molecule has 6 rings (SSSR count). The maximum absolute atomic E-state index is 6.24. The van der Waals surface area contributed by atoms with Crippen molar-refractivity contribution in [3.05, 3.63) is 71.3 Å². The van der Waals surface area contributed by atoms with E-state index in [-0.39, 0.29) is 5.95 Å². The first-order valence-electron chi connectivity index (χ1n) is 13.5. The average Bonchev–Trinajstić information content (AvgIpc) is 3.19. The van der Waals surface area contributed by atoms with Crippen molar-refractivity contribution in [2.45, 2.75) is 45.7 Å². The summed E-state index contributed by atoms with van der Waals surface area (Å²) in [6.45, 7) is 9.99. The number of fused-ring (bicyclic) bond motifs is 3. The van der Waals surface area contributed by atoms with Crippen molar-refractivity contribution in [3.63, 3.8) is 0 Å². The van der Waals surface area contributed by atoms with Gasteiger partial charge in [-0.15, -0.1) is 15.3 Å². The molecule has 0 saturated carbocycles. The third-order valence-corrected chi connectivity index (χ3v) is 7.63. The molecule has 4 aromatic rings. The largest absolute Gasteiger partial charge is 0.368 e. The Hall–Kier alpha value is -3.82. The van der Waals surface area contributed by atoms with Crippen LogP contribution in [0.5, 0.6) is 0 Å². The fourth-order valence-electron chi connectivity index (χ4n) is 5.44. The summed E-state index contributed by atoms with van der Waals surface area (Å²) in [7, 11) is 0. The molecule has 9 heteroatoms. The fourth-order valence-corrected chi connectivity index (χ4v) is 5.44. The number of nitrogen functional groups attached to an aromatic ring is 1. The second-order valence-corrected chi connectivity index (χ2v) is 10.5. The molecule has 3 N–H and O–H groups in total. The van der Waals surface area contributed by atoms with E-state index >= 15 is 0 Å². The topological polar surface area (TPSA) is 101 Å². The fraction of sp³-hybridized carbons (Fsp3) is 0.379. The lowest BCUT2D eigenvalue weighted by Crippen LogP contribution is -2.48. The second-order valence-electron chi connectivity index (χ2n) is 10.5. The molecule has 1 saturated heterocycles. The molecule has 1 fully saturated rings. The average molecular weight is 510 g/mol. The van der Waals surface area contributed by atoms with Crippen molar-refractivity contribution in [1.29, 1.82) is 0 Å². The van der Waals surface area contributed by atoms with Crippen LogP contribution in [0, 0.1) is 0 Å². The first-order chi connectivity index (χ1) is 18.5. The predicted octanol–water partition coefficient (Wildman–Crippen LogP) is 4.06. The van der Waals surface area contributed by atoms with Crippen LogP contribution in [0.3, 0.4) is 0 Å². The molecule has 1 aliphatic heterocycles. The number of hydrogen-bond donors (Lipinski definition) is 2. The van der Waals surface area contributed by atoms with Crippen molar-refractivity contribution in [2.75, 3.05) is 37.2 Å². The van der Waals surface area contributed by atoms with Crippen LogP contribution in [0.15, 0.2) is 54.6 Å². The maximum atomic E-state index is 6.24. The zero-order chi connectivity index (χ0) is 26.1. The zero-order valence-corrected chi connectivity index (χ0v) is 22.1. The zero-order valence-electron chi connectivity index (χ0n) is 22.1. The first-order valence-corrected chi connectivity index (χ1v) is 13.5. The molecule has 1 aliphatic carbocycles. The number of piperazine rings is 1. The number of benzene rings is 2. The highest BCUT2D eigenvalue weighted by molar-refractivity contribution is 5.68. The van der Waals surface area contributed by atoms with E-state index in [4.69, 9.17) is 5.73 Å². The van der Waals surface area contributed by atoms with Gasteiger partial charge < -0.3 is 11.1 Å². The number of nitrogens with one attached hydrogen (secondary N) is 1. The molecule has 9 nitrogen and oxygen atoms in total. The molecular formula is C29H35N9. The van der Waals surface area contributed by atoms with E-state index in [2.05, 4.69) is 97.8 Å². The molecule has 0 atom stereocenters. The first kappa shape index (κ1) is 24.5. The van der Waals surface area contributed by atoms with E-state index in [1.54, 1.807) is 4.68 Å². The van der Waals surface area contributed by atoms with Gasteiger partial charge in [-0.25, -0.2) is 0 Å². The monoisotopic (exact) mass is 509 g/mol. The minimum Gasteiger partial charge on any atom is -0.368 e. The van der Waals surface area contributed by atoms with Crippen LogP contribution < -0.4 is 11.1 Å². The Morgan fingerprint density at radius 3 is 2.47 bits per heavy atom. The second kappa shape index (κ2) is 10.5. The summed E-state index contributed by atoms with van der Waals surface area (Å²) >= 11 is 0. The van der Waals surface area contributed by atoms with Crippen LogP contribution in [-0.2, 0) is 19.4 Å². The summed E-state index contributed by atoms with van der Waals surface area (Å²) in [6.07, 6.45) is 3.04. The minimum absolute atomic E-state index is 0.271. The van der Waals surface area contributed by atoms with Crippen molar-refractivity contribution in [3.8, 4) is 17.1 Å². The highest BCUT2D eigenvalue weighted by Gasteiger charge is 2.20. The predicted molar refractivity (Wildman–Crippen MR) is 151 cm³/mol. The number of nitrogens with two attached hydrogens (primary N) is 1. The number of anilines is 3. The van der Waals surface area contributed by atoms with E-state index < -0.39 is 0 Å². The molecular weight excluding hydrogens is 474 g/mol. The number of hydrogen-bond acceptors (Lipinski definition) is 8. The lowest BCUT2D eigenvalue weighted by atomic mass is 10.0. The molecule has 0 unspecified atom stereocenters. The maximum Gasteiger partial charge on any atom is 0.248 e. The third-order valence-electron chi connectivity index (χ3n) is 7.63. The van der Waals surface area contributed by atoms with Crippen LogP contribution in [0.2, 0.25) is 0 Å². The highest BCUT2D eigenvalue weighted by atomic mass is 15.4. The van der Waals surface area contributed by atoms with E-state index in [1.807, 2.05) is 6.07 Å². The van der Waals surface area contributed by atoms with Gasteiger partial charge in [-0.1, -0.05) is 36.4 Å². The molecule has 0 amide bonds. The Kier molecular flexibility index (Phi) is 6.78. The van der Waals surface area contributed by atoms with Gasteiger partial charge in [0, 0.05) is 50.0 Å². The van der Waals surface area contributed by atoms with Gasteiger partial charge >= 0.3 is 0 Å². The number of nitrogens with zero attached hydrogens (tertiary/aromatic N) is 7. The van der Waals surface area contributed by atoms with Gasteiger partial charge in [-0.3, -0.25) is 9.80 Å². The van der Waals surface area contributed by atoms with Gasteiger partial charge in [0.25, 0.3) is 0 Å². The van der Waals surface area contributed by atoms with Crippen LogP contribution in [-0.4, -0.2) is 67.0 Å². The molecule has 0 bridgehead atoms. The summed E-state index contributed by atoms with van der Waals surface area (Å²) in [5.74, 6) is 1.28. The number of aromatic nitrogens is 5. The molecule has 2 aromatic carbocycles.